The van der Waals surface area contributed by atoms with Gasteiger partial charge in [-0.25, -0.2) is 0 Å². The molecule has 0 aliphatic heterocycles. The van der Waals surface area contributed by atoms with E-state index in [1.165, 1.54) is 18.3 Å². The Morgan fingerprint density at radius 3 is 2.62 bits per heavy atom. The number of anilines is 2. The number of thiophene rings is 1. The van der Waals surface area contributed by atoms with Gasteiger partial charge in [0.2, 0.25) is 5.91 Å². The van der Waals surface area contributed by atoms with Gasteiger partial charge >= 0.3 is 0 Å². The third kappa shape index (κ3) is 4.25. The molecule has 0 bridgehead atoms. The molecular weight excluding hydrogens is 384 g/mol. The predicted molar refractivity (Wildman–Crippen MR) is 118 cm³/mol. The number of aromatic amines is 1. The number of hydrogen-bond acceptors (Lipinski definition) is 4. The number of nitrogens with one attached hydrogen (secondary N) is 3. The van der Waals surface area contributed by atoms with Crippen molar-refractivity contribution in [2.75, 3.05) is 10.6 Å². The van der Waals surface area contributed by atoms with E-state index in [1.807, 2.05) is 60.7 Å². The number of fused-ring (bicyclic) bond motifs is 1. The molecule has 0 aliphatic rings. The summed E-state index contributed by atoms with van der Waals surface area (Å²) >= 11 is 1.23. The highest BCUT2D eigenvalue weighted by Crippen LogP contribution is 2.25. The van der Waals surface area contributed by atoms with E-state index in [-0.39, 0.29) is 11.8 Å². The largest absolute Gasteiger partial charge is 0.321 e. The number of para-hydroxylation sites is 2. The van der Waals surface area contributed by atoms with Gasteiger partial charge in [0.25, 0.3) is 5.91 Å². The van der Waals surface area contributed by atoms with Crippen LogP contribution in [-0.4, -0.2) is 22.0 Å². The maximum absolute atomic E-state index is 12.6. The van der Waals surface area contributed by atoms with Crippen molar-refractivity contribution < 1.29 is 9.59 Å². The van der Waals surface area contributed by atoms with E-state index in [9.17, 15) is 9.59 Å². The molecule has 2 aromatic carbocycles. The Morgan fingerprint density at radius 1 is 0.966 bits per heavy atom. The van der Waals surface area contributed by atoms with Crippen molar-refractivity contribution in [3.63, 3.8) is 0 Å². The Balaban J connectivity index is 1.54. The summed E-state index contributed by atoms with van der Waals surface area (Å²) in [5.41, 5.74) is 3.37. The van der Waals surface area contributed by atoms with Crippen molar-refractivity contribution in [2.45, 2.75) is 6.92 Å². The first-order valence-electron chi connectivity index (χ1n) is 8.99. The van der Waals surface area contributed by atoms with Crippen molar-refractivity contribution in [3.8, 4) is 0 Å². The average molecular weight is 402 g/mol. The minimum absolute atomic E-state index is 0.166. The van der Waals surface area contributed by atoms with E-state index >= 15 is 0 Å². The molecule has 2 heterocycles. The molecule has 0 atom stereocenters. The van der Waals surface area contributed by atoms with E-state index in [1.54, 1.807) is 12.1 Å². The van der Waals surface area contributed by atoms with Crippen molar-refractivity contribution in [1.82, 2.24) is 10.2 Å². The van der Waals surface area contributed by atoms with Crippen LogP contribution in [0.25, 0.3) is 23.1 Å². The lowest BCUT2D eigenvalue weighted by molar-refractivity contribution is -0.114. The second kappa shape index (κ2) is 8.12. The van der Waals surface area contributed by atoms with Gasteiger partial charge in [0.15, 0.2) is 0 Å². The normalized spacial score (nSPS) is 11.1. The number of nitrogens with zero attached hydrogens (tertiary/aromatic N) is 1. The monoisotopic (exact) mass is 402 g/mol. The summed E-state index contributed by atoms with van der Waals surface area (Å²) in [6, 6.07) is 18.9. The lowest BCUT2D eigenvalue weighted by atomic mass is 10.1. The highest BCUT2D eigenvalue weighted by Gasteiger charge is 2.12. The maximum Gasteiger partial charge on any atom is 0.265 e. The van der Waals surface area contributed by atoms with Crippen LogP contribution in [0.1, 0.15) is 27.9 Å². The first-order chi connectivity index (χ1) is 14.1. The fourth-order valence-corrected chi connectivity index (χ4v) is 3.77. The summed E-state index contributed by atoms with van der Waals surface area (Å²) in [4.78, 5) is 24.3. The molecule has 7 heteroatoms. The topological polar surface area (TPSA) is 86.9 Å². The smallest absolute Gasteiger partial charge is 0.265 e. The fraction of sp³-hybridized carbons (Fsp3) is 0.0455. The Labute approximate surface area is 171 Å². The first kappa shape index (κ1) is 18.6. The summed E-state index contributed by atoms with van der Waals surface area (Å²) in [5.74, 6) is -0.391. The first-order valence-corrected chi connectivity index (χ1v) is 9.81. The molecule has 0 aliphatic carbocycles. The van der Waals surface area contributed by atoms with Crippen LogP contribution < -0.4 is 10.6 Å². The Bertz CT molecular complexity index is 1220. The lowest BCUT2D eigenvalue weighted by Crippen LogP contribution is -2.11. The minimum Gasteiger partial charge on any atom is -0.321 e. The molecule has 6 nitrogen and oxygen atoms in total. The Morgan fingerprint density at radius 2 is 1.76 bits per heavy atom. The highest BCUT2D eigenvalue weighted by atomic mass is 32.1. The molecule has 29 heavy (non-hydrogen) atoms. The van der Waals surface area contributed by atoms with Crippen LogP contribution >= 0.6 is 11.3 Å². The Kier molecular flexibility index (Phi) is 5.22. The standard InChI is InChI=1S/C22H18N4O2S/c1-14(27)23-21-13-12-20(29-21)22(28)24-17-8-4-2-6-15(17)10-11-19-16-7-3-5-9-18(16)25-26-19/h2-13H,1H3,(H,23,27)(H,24,28)(H,25,26). The highest BCUT2D eigenvalue weighted by molar-refractivity contribution is 7.18. The number of rotatable bonds is 5. The quantitative estimate of drug-likeness (QED) is 0.439. The predicted octanol–water partition coefficient (Wildman–Crippen LogP) is 5.01. The van der Waals surface area contributed by atoms with Gasteiger partial charge in [0.05, 0.1) is 21.1 Å². The Hall–Kier alpha value is -3.71. The minimum atomic E-state index is -0.224. The molecule has 2 amide bonds. The molecule has 0 radical (unpaired) electrons. The number of hydrogen-bond donors (Lipinski definition) is 3. The van der Waals surface area contributed by atoms with E-state index in [4.69, 9.17) is 0 Å². The van der Waals surface area contributed by atoms with Crippen LogP contribution in [0.3, 0.4) is 0 Å². The zero-order valence-corrected chi connectivity index (χ0v) is 16.4. The molecule has 0 saturated carbocycles. The third-order valence-corrected chi connectivity index (χ3v) is 5.26. The fourth-order valence-electron chi connectivity index (χ4n) is 2.92. The number of carbonyl (C=O) groups is 2. The molecule has 0 unspecified atom stereocenters. The molecule has 0 spiro atoms. The molecule has 2 aromatic heterocycles. The molecule has 144 valence electrons. The number of benzene rings is 2. The number of carbonyl (C=O) groups excluding carboxylic acids is 2. The second-order valence-corrected chi connectivity index (χ2v) is 7.46. The van der Waals surface area contributed by atoms with Gasteiger partial charge in [0.1, 0.15) is 0 Å². The van der Waals surface area contributed by atoms with Crippen molar-refractivity contribution in [2.24, 2.45) is 0 Å². The SMILES string of the molecule is CC(=O)Nc1ccc(C(=O)Nc2ccccc2C=Cc2n[nH]c3ccccc23)s1. The van der Waals surface area contributed by atoms with Gasteiger partial charge in [-0.05, 0) is 35.9 Å². The molecule has 0 fully saturated rings. The van der Waals surface area contributed by atoms with E-state index < -0.39 is 0 Å². The van der Waals surface area contributed by atoms with Gasteiger partial charge < -0.3 is 10.6 Å². The van der Waals surface area contributed by atoms with Crippen LogP contribution in [0, 0.1) is 0 Å². The van der Waals surface area contributed by atoms with Crippen LogP contribution in [0.15, 0.2) is 60.7 Å². The molecular formula is C22H18N4O2S. The van der Waals surface area contributed by atoms with Crippen molar-refractivity contribution >= 4 is 56.9 Å². The number of aromatic nitrogens is 2. The van der Waals surface area contributed by atoms with Crippen LogP contribution in [0.5, 0.6) is 0 Å². The van der Waals surface area contributed by atoms with Crippen LogP contribution in [-0.2, 0) is 4.79 Å². The molecule has 3 N–H and O–H groups in total. The van der Waals surface area contributed by atoms with Gasteiger partial charge in [-0.15, -0.1) is 11.3 Å². The van der Waals surface area contributed by atoms with Crippen LogP contribution in [0.2, 0.25) is 0 Å². The zero-order chi connectivity index (χ0) is 20.2. The number of H-pyrrole nitrogens is 1. The van der Waals surface area contributed by atoms with Gasteiger partial charge in [-0.2, -0.15) is 5.10 Å². The lowest BCUT2D eigenvalue weighted by Gasteiger charge is -2.07. The summed E-state index contributed by atoms with van der Waals surface area (Å²) in [6.45, 7) is 1.44. The summed E-state index contributed by atoms with van der Waals surface area (Å²) in [6.07, 6.45) is 3.85. The molecule has 4 aromatic rings. The van der Waals surface area contributed by atoms with E-state index in [2.05, 4.69) is 20.8 Å². The van der Waals surface area contributed by atoms with Gasteiger partial charge in [-0.3, -0.25) is 14.7 Å². The van der Waals surface area contributed by atoms with Crippen molar-refractivity contribution in [1.29, 1.82) is 0 Å². The molecule has 0 saturated heterocycles. The summed E-state index contributed by atoms with van der Waals surface area (Å²) < 4.78 is 0. The zero-order valence-electron chi connectivity index (χ0n) is 15.6. The summed E-state index contributed by atoms with van der Waals surface area (Å²) in [7, 11) is 0. The number of amides is 2. The van der Waals surface area contributed by atoms with Crippen molar-refractivity contribution in [3.05, 3.63) is 76.8 Å². The van der Waals surface area contributed by atoms with E-state index in [0.717, 1.165) is 22.2 Å². The maximum atomic E-state index is 12.6. The van der Waals surface area contributed by atoms with Gasteiger partial charge in [-0.1, -0.05) is 42.5 Å². The second-order valence-electron chi connectivity index (χ2n) is 6.37. The third-order valence-electron chi connectivity index (χ3n) is 4.26. The molecule has 4 rings (SSSR count). The van der Waals surface area contributed by atoms with Gasteiger partial charge in [0, 0.05) is 18.0 Å². The average Bonchev–Trinajstić information content (AvgIpc) is 3.34. The van der Waals surface area contributed by atoms with E-state index in [0.29, 0.717) is 15.6 Å². The van der Waals surface area contributed by atoms with Crippen LogP contribution in [0.4, 0.5) is 10.7 Å². The summed E-state index contributed by atoms with van der Waals surface area (Å²) in [5, 5.41) is 14.7.